The van der Waals surface area contributed by atoms with E-state index < -0.39 is 27.0 Å². The molecule has 0 bridgehead atoms. The van der Waals surface area contributed by atoms with Crippen LogP contribution in [0.5, 0.6) is 0 Å². The molecule has 2 aromatic carbocycles. The van der Waals surface area contributed by atoms with E-state index in [-0.39, 0.29) is 29.5 Å². The van der Waals surface area contributed by atoms with Crippen LogP contribution in [0.25, 0.3) is 0 Å². The van der Waals surface area contributed by atoms with Crippen LogP contribution in [0.1, 0.15) is 22.8 Å². The van der Waals surface area contributed by atoms with Crippen molar-refractivity contribution in [2.45, 2.75) is 24.1 Å². The highest BCUT2D eigenvalue weighted by atomic mass is 35.5. The molecule has 1 fully saturated rings. The van der Waals surface area contributed by atoms with Crippen molar-refractivity contribution in [2.24, 2.45) is 0 Å². The minimum atomic E-state index is -4.27. The third-order valence-electron chi connectivity index (χ3n) is 5.37. The maximum Gasteiger partial charge on any atom is 0.261 e. The molecule has 32 heavy (non-hydrogen) atoms. The second-order valence-electron chi connectivity index (χ2n) is 7.50. The van der Waals surface area contributed by atoms with Crippen molar-refractivity contribution in [3.05, 3.63) is 64.7 Å². The van der Waals surface area contributed by atoms with E-state index in [0.717, 1.165) is 0 Å². The smallest absolute Gasteiger partial charge is 0.261 e. The van der Waals surface area contributed by atoms with E-state index in [9.17, 15) is 22.8 Å². The summed E-state index contributed by atoms with van der Waals surface area (Å²) >= 11 is 5.87. The van der Waals surface area contributed by atoms with Gasteiger partial charge >= 0.3 is 0 Å². The largest absolute Gasteiger partial charge is 0.339 e. The Balaban J connectivity index is 1.93. The first-order chi connectivity index (χ1) is 15.1. The summed E-state index contributed by atoms with van der Waals surface area (Å²) in [6, 6.07) is 12.1. The number of aryl methyl sites for hydroxylation is 1. The highest BCUT2D eigenvalue weighted by molar-refractivity contribution is 7.92. The van der Waals surface area contributed by atoms with Crippen molar-refractivity contribution in [3.63, 3.8) is 0 Å². The van der Waals surface area contributed by atoms with Crippen molar-refractivity contribution >= 4 is 39.2 Å². The lowest BCUT2D eigenvalue weighted by molar-refractivity contribution is -0.138. The van der Waals surface area contributed by atoms with E-state index in [2.05, 4.69) is 5.32 Å². The number of hydrogen-bond acceptors (Lipinski definition) is 5. The monoisotopic (exact) mass is 477 g/mol. The minimum Gasteiger partial charge on any atom is -0.339 e. The summed E-state index contributed by atoms with van der Waals surface area (Å²) in [6.45, 7) is 4.09. The minimum absolute atomic E-state index is 0.115. The van der Waals surface area contributed by atoms with Crippen LogP contribution in [0.4, 0.5) is 0 Å². The third-order valence-corrected chi connectivity index (χ3v) is 7.49. The summed E-state index contributed by atoms with van der Waals surface area (Å²) in [6.07, 6.45) is 0. The van der Waals surface area contributed by atoms with Gasteiger partial charge in [-0.3, -0.25) is 14.4 Å². The van der Waals surface area contributed by atoms with Crippen LogP contribution in [-0.4, -0.2) is 67.5 Å². The van der Waals surface area contributed by atoms with Gasteiger partial charge in [0.2, 0.25) is 21.1 Å². The number of hydrogen-bond donors (Lipinski definition) is 1. The molecule has 2 aromatic rings. The lowest BCUT2D eigenvalue weighted by Gasteiger charge is -2.36. The van der Waals surface area contributed by atoms with Gasteiger partial charge in [-0.05, 0) is 42.8 Å². The molecule has 3 rings (SSSR count). The number of carbonyl (C=O) groups is 3. The molecular formula is C22H24ClN3O5S. The van der Waals surface area contributed by atoms with Crippen LogP contribution in [0.15, 0.2) is 53.4 Å². The molecule has 170 valence electrons. The lowest BCUT2D eigenvalue weighted by Crippen LogP contribution is -2.57. The molecule has 0 unspecified atom stereocenters. The summed E-state index contributed by atoms with van der Waals surface area (Å²) in [5.74, 6) is -1.53. The molecule has 0 aliphatic carbocycles. The quantitative estimate of drug-likeness (QED) is 0.708. The van der Waals surface area contributed by atoms with Crippen LogP contribution in [-0.2, 0) is 19.4 Å². The Bertz CT molecular complexity index is 1130. The maximum atomic E-state index is 13.4. The summed E-state index contributed by atoms with van der Waals surface area (Å²) in [7, 11) is -4.27. The summed E-state index contributed by atoms with van der Waals surface area (Å²) in [5.41, 5.74) is 0.924. The van der Waals surface area contributed by atoms with Gasteiger partial charge in [0.25, 0.3) is 11.8 Å². The standard InChI is InChI=1S/C22H24ClN3O5S/c1-15-5-3-4-6-19(15)20(28)24-21(32(30,31)18-9-7-17(23)8-10-18)22(29)26-13-11-25(12-14-26)16(2)27/h3-10,21H,11-14H2,1-2H3,(H,24,28)/t21-/m0/s1. The average molecular weight is 478 g/mol. The number of piperazine rings is 1. The van der Waals surface area contributed by atoms with E-state index in [4.69, 9.17) is 11.6 Å². The number of amides is 3. The highest BCUT2D eigenvalue weighted by Gasteiger charge is 2.39. The van der Waals surface area contributed by atoms with Gasteiger partial charge < -0.3 is 15.1 Å². The second kappa shape index (κ2) is 9.70. The molecule has 1 saturated heterocycles. The molecule has 1 aliphatic rings. The predicted molar refractivity (Wildman–Crippen MR) is 120 cm³/mol. The van der Waals surface area contributed by atoms with Crippen molar-refractivity contribution in [2.75, 3.05) is 26.2 Å². The molecule has 1 atom stereocenters. The molecule has 0 spiro atoms. The summed E-state index contributed by atoms with van der Waals surface area (Å²) in [5, 5.41) is 0.951. The van der Waals surface area contributed by atoms with Gasteiger partial charge in [-0.25, -0.2) is 8.42 Å². The molecule has 0 saturated carbocycles. The molecule has 8 nitrogen and oxygen atoms in total. The fourth-order valence-electron chi connectivity index (χ4n) is 3.46. The van der Waals surface area contributed by atoms with Crippen LogP contribution in [0.3, 0.4) is 0 Å². The van der Waals surface area contributed by atoms with Gasteiger partial charge in [0.05, 0.1) is 4.90 Å². The van der Waals surface area contributed by atoms with Gasteiger partial charge in [-0.1, -0.05) is 29.8 Å². The molecule has 10 heteroatoms. The van der Waals surface area contributed by atoms with Crippen molar-refractivity contribution in [3.8, 4) is 0 Å². The number of sulfone groups is 1. The van der Waals surface area contributed by atoms with Gasteiger partial charge in [-0.2, -0.15) is 0 Å². The van der Waals surface area contributed by atoms with Gasteiger partial charge in [-0.15, -0.1) is 0 Å². The Labute approximate surface area is 192 Å². The fourth-order valence-corrected chi connectivity index (χ4v) is 5.05. The highest BCUT2D eigenvalue weighted by Crippen LogP contribution is 2.21. The zero-order valence-electron chi connectivity index (χ0n) is 17.7. The SMILES string of the molecule is CC(=O)N1CCN(C(=O)[C@@H](NC(=O)c2ccccc2C)S(=O)(=O)c2ccc(Cl)cc2)CC1. The Hall–Kier alpha value is -2.91. The van der Waals surface area contributed by atoms with Crippen LogP contribution < -0.4 is 5.32 Å². The predicted octanol–water partition coefficient (Wildman–Crippen LogP) is 1.87. The van der Waals surface area contributed by atoms with Gasteiger partial charge in [0, 0.05) is 43.7 Å². The topological polar surface area (TPSA) is 104 Å². The molecule has 0 aromatic heterocycles. The average Bonchev–Trinajstić information content (AvgIpc) is 2.77. The second-order valence-corrected chi connectivity index (χ2v) is 9.97. The number of benzene rings is 2. The van der Waals surface area contributed by atoms with Crippen LogP contribution >= 0.6 is 11.6 Å². The van der Waals surface area contributed by atoms with Crippen molar-refractivity contribution in [1.82, 2.24) is 15.1 Å². The van der Waals surface area contributed by atoms with E-state index in [1.165, 1.54) is 36.1 Å². The van der Waals surface area contributed by atoms with Crippen LogP contribution in [0, 0.1) is 6.92 Å². The Morgan fingerprint density at radius 2 is 1.50 bits per heavy atom. The molecule has 3 amide bonds. The number of rotatable bonds is 5. The van der Waals surface area contributed by atoms with E-state index in [1.807, 2.05) is 0 Å². The summed E-state index contributed by atoms with van der Waals surface area (Å²) in [4.78, 5) is 40.6. The molecule has 1 heterocycles. The molecule has 1 N–H and O–H groups in total. The van der Waals surface area contributed by atoms with E-state index >= 15 is 0 Å². The number of halogens is 1. The van der Waals surface area contributed by atoms with Gasteiger partial charge in [0.15, 0.2) is 0 Å². The van der Waals surface area contributed by atoms with E-state index in [0.29, 0.717) is 23.7 Å². The van der Waals surface area contributed by atoms with E-state index in [1.54, 1.807) is 36.1 Å². The Morgan fingerprint density at radius 3 is 2.06 bits per heavy atom. The zero-order valence-corrected chi connectivity index (χ0v) is 19.3. The van der Waals surface area contributed by atoms with Crippen molar-refractivity contribution < 1.29 is 22.8 Å². The molecule has 1 aliphatic heterocycles. The Kier molecular flexibility index (Phi) is 7.20. The summed E-state index contributed by atoms with van der Waals surface area (Å²) < 4.78 is 26.8. The lowest BCUT2D eigenvalue weighted by atomic mass is 10.1. The van der Waals surface area contributed by atoms with Crippen LogP contribution in [0.2, 0.25) is 5.02 Å². The number of carbonyl (C=O) groups excluding carboxylic acids is 3. The molecular weight excluding hydrogens is 454 g/mol. The Morgan fingerprint density at radius 1 is 0.938 bits per heavy atom. The van der Waals surface area contributed by atoms with Gasteiger partial charge in [0.1, 0.15) is 0 Å². The van der Waals surface area contributed by atoms with Crippen molar-refractivity contribution in [1.29, 1.82) is 0 Å². The molecule has 0 radical (unpaired) electrons. The fraction of sp³-hybridized carbons (Fsp3) is 0.318. The first-order valence-corrected chi connectivity index (χ1v) is 11.9. The maximum absolute atomic E-state index is 13.4. The first kappa shape index (κ1) is 23.7. The zero-order chi connectivity index (χ0) is 23.5. The number of nitrogens with one attached hydrogen (secondary N) is 1. The third kappa shape index (κ3) is 5.11. The first-order valence-electron chi connectivity index (χ1n) is 10.0. The normalized spacial score (nSPS) is 15.2. The number of nitrogens with zero attached hydrogens (tertiary/aromatic N) is 2.